The number of carbonyl (C=O) groups is 1. The maximum absolute atomic E-state index is 14.0. The van der Waals surface area contributed by atoms with Crippen LogP contribution in [0, 0.1) is 0 Å². The maximum Gasteiger partial charge on any atom is 0.236 e. The Morgan fingerprint density at radius 2 is 2.09 bits per heavy atom. The van der Waals surface area contributed by atoms with Crippen molar-refractivity contribution < 1.29 is 9.53 Å². The van der Waals surface area contributed by atoms with Gasteiger partial charge in [0.1, 0.15) is 5.75 Å². The summed E-state index contributed by atoms with van der Waals surface area (Å²) in [5.41, 5.74) is 1.49. The quantitative estimate of drug-likeness (QED) is 0.452. The van der Waals surface area contributed by atoms with Crippen LogP contribution < -0.4 is 15.4 Å². The molecular formula is C25H24ClN5O2. The molecule has 1 aliphatic rings. The van der Waals surface area contributed by atoms with Crippen LogP contribution in [0.15, 0.2) is 67.1 Å². The van der Waals surface area contributed by atoms with Gasteiger partial charge in [0, 0.05) is 60.3 Å². The molecule has 2 aromatic carbocycles. The minimum Gasteiger partial charge on any atom is -0.493 e. The Morgan fingerprint density at radius 1 is 1.21 bits per heavy atom. The van der Waals surface area contributed by atoms with E-state index in [1.54, 1.807) is 23.1 Å². The van der Waals surface area contributed by atoms with E-state index in [1.807, 2.05) is 55.7 Å². The van der Waals surface area contributed by atoms with E-state index < -0.39 is 5.41 Å². The highest BCUT2D eigenvalue weighted by molar-refractivity contribution is 6.30. The van der Waals surface area contributed by atoms with Gasteiger partial charge in [-0.25, -0.2) is 0 Å². The van der Waals surface area contributed by atoms with Crippen molar-refractivity contribution >= 4 is 34.0 Å². The Balaban J connectivity index is 1.50. The second-order valence-corrected chi connectivity index (χ2v) is 8.70. The third-order valence-electron chi connectivity index (χ3n) is 6.10. The first-order chi connectivity index (χ1) is 16.0. The van der Waals surface area contributed by atoms with E-state index in [-0.39, 0.29) is 5.91 Å². The number of fused-ring (bicyclic) bond motifs is 2. The number of nitrogens with one attached hydrogen (secondary N) is 2. The van der Waals surface area contributed by atoms with E-state index >= 15 is 0 Å². The van der Waals surface area contributed by atoms with E-state index in [0.29, 0.717) is 42.6 Å². The fraction of sp³-hybridized carbons (Fsp3) is 0.240. The number of hydrogen-bond acceptors (Lipinski definition) is 5. The number of anilines is 1. The topological polar surface area (TPSA) is 81.1 Å². The molecule has 0 saturated heterocycles. The summed E-state index contributed by atoms with van der Waals surface area (Å²) < 4.78 is 7.64. The molecule has 33 heavy (non-hydrogen) atoms. The average molecular weight is 462 g/mol. The predicted octanol–water partition coefficient (Wildman–Crippen LogP) is 4.07. The minimum atomic E-state index is -0.871. The van der Waals surface area contributed by atoms with Crippen LogP contribution in [0.1, 0.15) is 17.7 Å². The van der Waals surface area contributed by atoms with Gasteiger partial charge in [0.25, 0.3) is 0 Å². The largest absolute Gasteiger partial charge is 0.493 e. The minimum absolute atomic E-state index is 0.124. The number of amides is 1. The van der Waals surface area contributed by atoms with Crippen molar-refractivity contribution in [2.75, 3.05) is 18.5 Å². The fourth-order valence-electron chi connectivity index (χ4n) is 4.39. The van der Waals surface area contributed by atoms with Crippen molar-refractivity contribution in [1.29, 1.82) is 0 Å². The van der Waals surface area contributed by atoms with Crippen LogP contribution in [0.5, 0.6) is 5.75 Å². The van der Waals surface area contributed by atoms with Crippen molar-refractivity contribution in [3.8, 4) is 5.75 Å². The zero-order chi connectivity index (χ0) is 22.8. The number of aryl methyl sites for hydroxylation is 1. The zero-order valence-electron chi connectivity index (χ0n) is 18.2. The monoisotopic (exact) mass is 461 g/mol. The van der Waals surface area contributed by atoms with Gasteiger partial charge in [0.15, 0.2) is 0 Å². The standard InChI is InChI=1S/C25H24ClN5O2/c1-31-10-8-19(30-31)14-28-16-25(9-11-33-23-7-6-18(26)12-21(23)25)24(32)29-22-15-27-13-17-4-2-3-5-20(17)22/h2-8,10,12-13,15,28H,9,11,14,16H2,1H3,(H,29,32). The molecular weight excluding hydrogens is 438 g/mol. The highest BCUT2D eigenvalue weighted by Gasteiger charge is 2.44. The molecule has 7 nitrogen and oxygen atoms in total. The molecule has 0 fully saturated rings. The molecule has 1 aliphatic heterocycles. The molecule has 5 rings (SSSR count). The van der Waals surface area contributed by atoms with Crippen molar-refractivity contribution in [3.05, 3.63) is 83.4 Å². The van der Waals surface area contributed by atoms with Gasteiger partial charge in [-0.2, -0.15) is 5.10 Å². The first kappa shape index (κ1) is 21.4. The smallest absolute Gasteiger partial charge is 0.236 e. The van der Waals surface area contributed by atoms with Crippen molar-refractivity contribution in [2.24, 2.45) is 7.05 Å². The van der Waals surface area contributed by atoms with Crippen LogP contribution in [-0.2, 0) is 23.8 Å². The fourth-order valence-corrected chi connectivity index (χ4v) is 4.56. The number of rotatable bonds is 6. The summed E-state index contributed by atoms with van der Waals surface area (Å²) >= 11 is 6.35. The summed E-state index contributed by atoms with van der Waals surface area (Å²) in [6.07, 6.45) is 5.89. The van der Waals surface area contributed by atoms with E-state index in [4.69, 9.17) is 16.3 Å². The Hall–Kier alpha value is -3.42. The molecule has 0 radical (unpaired) electrons. The van der Waals surface area contributed by atoms with Gasteiger partial charge in [0.05, 0.1) is 29.6 Å². The third-order valence-corrected chi connectivity index (χ3v) is 6.33. The molecule has 168 valence electrons. The van der Waals surface area contributed by atoms with Gasteiger partial charge < -0.3 is 15.4 Å². The van der Waals surface area contributed by atoms with Crippen LogP contribution in [0.4, 0.5) is 5.69 Å². The van der Waals surface area contributed by atoms with Crippen LogP contribution in [0.3, 0.4) is 0 Å². The predicted molar refractivity (Wildman–Crippen MR) is 129 cm³/mol. The van der Waals surface area contributed by atoms with Gasteiger partial charge in [-0.1, -0.05) is 35.9 Å². The molecule has 1 amide bonds. The third kappa shape index (κ3) is 4.17. The molecule has 8 heteroatoms. The lowest BCUT2D eigenvalue weighted by molar-refractivity contribution is -0.122. The van der Waals surface area contributed by atoms with E-state index in [9.17, 15) is 4.79 Å². The Labute approximate surface area is 196 Å². The van der Waals surface area contributed by atoms with Gasteiger partial charge in [-0.3, -0.25) is 14.5 Å². The van der Waals surface area contributed by atoms with Crippen molar-refractivity contribution in [1.82, 2.24) is 20.1 Å². The molecule has 1 unspecified atom stereocenters. The molecule has 4 aromatic rings. The molecule has 1 atom stereocenters. The lowest BCUT2D eigenvalue weighted by Crippen LogP contribution is -2.50. The van der Waals surface area contributed by atoms with Crippen molar-refractivity contribution in [3.63, 3.8) is 0 Å². The summed E-state index contributed by atoms with van der Waals surface area (Å²) in [6.45, 7) is 1.38. The number of pyridine rings is 1. The summed E-state index contributed by atoms with van der Waals surface area (Å²) in [6, 6.07) is 15.3. The van der Waals surface area contributed by atoms with Gasteiger partial charge in [-0.05, 0) is 24.3 Å². The Kier molecular flexibility index (Phi) is 5.74. The number of carbonyl (C=O) groups excluding carboxylic acids is 1. The number of halogens is 1. The molecule has 0 bridgehead atoms. The normalized spacial score (nSPS) is 17.4. The number of hydrogen-bond donors (Lipinski definition) is 2. The first-order valence-corrected chi connectivity index (χ1v) is 11.2. The summed E-state index contributed by atoms with van der Waals surface area (Å²) in [4.78, 5) is 18.3. The van der Waals surface area contributed by atoms with E-state index in [2.05, 4.69) is 20.7 Å². The van der Waals surface area contributed by atoms with Crippen LogP contribution >= 0.6 is 11.6 Å². The number of nitrogens with zero attached hydrogens (tertiary/aromatic N) is 3. The lowest BCUT2D eigenvalue weighted by atomic mass is 9.74. The molecule has 2 N–H and O–H groups in total. The summed E-state index contributed by atoms with van der Waals surface area (Å²) in [5, 5.41) is 13.5. The summed E-state index contributed by atoms with van der Waals surface area (Å²) in [5.74, 6) is 0.553. The lowest BCUT2D eigenvalue weighted by Gasteiger charge is -2.38. The average Bonchev–Trinajstić information content (AvgIpc) is 3.24. The van der Waals surface area contributed by atoms with E-state index in [0.717, 1.165) is 22.0 Å². The second kappa shape index (κ2) is 8.84. The van der Waals surface area contributed by atoms with Crippen molar-refractivity contribution in [2.45, 2.75) is 18.4 Å². The molecule has 2 aromatic heterocycles. The highest BCUT2D eigenvalue weighted by Crippen LogP contribution is 2.41. The zero-order valence-corrected chi connectivity index (χ0v) is 19.0. The van der Waals surface area contributed by atoms with E-state index in [1.165, 1.54) is 0 Å². The Morgan fingerprint density at radius 3 is 2.94 bits per heavy atom. The Bertz CT molecular complexity index is 1320. The second-order valence-electron chi connectivity index (χ2n) is 8.27. The van der Waals surface area contributed by atoms with Crippen LogP contribution in [0.25, 0.3) is 10.8 Å². The van der Waals surface area contributed by atoms with Gasteiger partial charge in [-0.15, -0.1) is 0 Å². The highest BCUT2D eigenvalue weighted by atomic mass is 35.5. The molecule has 3 heterocycles. The molecule has 0 aliphatic carbocycles. The van der Waals surface area contributed by atoms with Gasteiger partial charge in [0.2, 0.25) is 5.91 Å². The molecule has 0 saturated carbocycles. The molecule has 0 spiro atoms. The van der Waals surface area contributed by atoms with Gasteiger partial charge >= 0.3 is 0 Å². The van der Waals surface area contributed by atoms with Crippen LogP contribution in [-0.4, -0.2) is 33.8 Å². The number of aromatic nitrogens is 3. The summed E-state index contributed by atoms with van der Waals surface area (Å²) in [7, 11) is 1.88. The number of ether oxygens (including phenoxy) is 1. The number of benzene rings is 2. The van der Waals surface area contributed by atoms with Crippen LogP contribution in [0.2, 0.25) is 5.02 Å². The first-order valence-electron chi connectivity index (χ1n) is 10.8. The maximum atomic E-state index is 14.0. The SMILES string of the molecule is Cn1ccc(CNCC2(C(=O)Nc3cncc4ccccc34)CCOc3ccc(Cl)cc32)n1.